The van der Waals surface area contributed by atoms with E-state index in [0.717, 1.165) is 12.5 Å². The van der Waals surface area contributed by atoms with Gasteiger partial charge in [0.05, 0.1) is 6.61 Å². The van der Waals surface area contributed by atoms with Crippen LogP contribution >= 0.6 is 0 Å². The molecule has 0 saturated carbocycles. The maximum atomic E-state index is 11.1. The van der Waals surface area contributed by atoms with Crippen LogP contribution < -0.4 is 0 Å². The van der Waals surface area contributed by atoms with E-state index in [1.807, 2.05) is 18.2 Å². The molecule has 1 aromatic carbocycles. The Hall–Kier alpha value is -1.47. The second-order valence-corrected chi connectivity index (χ2v) is 7.81. The van der Waals surface area contributed by atoms with Gasteiger partial charge in [-0.05, 0) is 18.9 Å². The molecular formula is C16H24O5Si. The van der Waals surface area contributed by atoms with Gasteiger partial charge in [-0.3, -0.25) is 0 Å². The Bertz CT molecular complexity index is 459. The first-order valence-electron chi connectivity index (χ1n) is 7.16. The van der Waals surface area contributed by atoms with Crippen molar-refractivity contribution in [3.8, 4) is 0 Å². The lowest BCUT2D eigenvalue weighted by Gasteiger charge is -2.27. The third-order valence-electron chi connectivity index (χ3n) is 3.21. The maximum Gasteiger partial charge on any atom is 0.500 e. The van der Waals surface area contributed by atoms with Gasteiger partial charge in [0.25, 0.3) is 0 Å². The van der Waals surface area contributed by atoms with Crippen molar-refractivity contribution in [1.82, 2.24) is 0 Å². The van der Waals surface area contributed by atoms with Gasteiger partial charge in [0, 0.05) is 26.3 Å². The van der Waals surface area contributed by atoms with Crippen molar-refractivity contribution in [2.75, 3.05) is 20.8 Å². The van der Waals surface area contributed by atoms with E-state index in [9.17, 15) is 4.79 Å². The number of aryl methyl sites for hydroxylation is 1. The summed E-state index contributed by atoms with van der Waals surface area (Å²) in [5, 5.41) is 0. The Balaban J connectivity index is 2.55. The quantitative estimate of drug-likeness (QED) is 0.376. The van der Waals surface area contributed by atoms with E-state index in [1.54, 1.807) is 21.1 Å². The average Bonchev–Trinajstić information content (AvgIpc) is 2.56. The van der Waals surface area contributed by atoms with Crippen LogP contribution in [-0.4, -0.2) is 41.7 Å². The first-order valence-corrected chi connectivity index (χ1v) is 9.09. The molecule has 0 N–H and O–H groups in total. The van der Waals surface area contributed by atoms with E-state index in [4.69, 9.17) is 18.0 Å². The number of ether oxygens (including phenoxy) is 1. The zero-order valence-corrected chi connectivity index (χ0v) is 14.4. The average molecular weight is 324 g/mol. The van der Waals surface area contributed by atoms with Gasteiger partial charge in [0.15, 0.2) is 0 Å². The molecule has 1 unspecified atom stereocenters. The molecule has 0 aromatic heterocycles. The van der Waals surface area contributed by atoms with E-state index in [2.05, 4.69) is 18.7 Å². The van der Waals surface area contributed by atoms with Crippen molar-refractivity contribution >= 4 is 14.8 Å². The minimum atomic E-state index is -2.77. The van der Waals surface area contributed by atoms with Crippen molar-refractivity contribution in [3.05, 3.63) is 48.6 Å². The summed E-state index contributed by atoms with van der Waals surface area (Å²) >= 11 is 0. The van der Waals surface area contributed by atoms with Crippen LogP contribution in [0.5, 0.6) is 0 Å². The van der Waals surface area contributed by atoms with Crippen LogP contribution in [0.3, 0.4) is 0 Å². The highest BCUT2D eigenvalue weighted by Crippen LogP contribution is 2.18. The van der Waals surface area contributed by atoms with Crippen LogP contribution in [-0.2, 0) is 29.2 Å². The lowest BCUT2D eigenvalue weighted by atomic mass is 10.2. The first kappa shape index (κ1) is 18.6. The summed E-state index contributed by atoms with van der Waals surface area (Å²) in [5.41, 5.74) is 1.20. The molecule has 1 atom stereocenters. The van der Waals surface area contributed by atoms with Gasteiger partial charge < -0.3 is 18.0 Å². The molecule has 0 radical (unpaired) electrons. The summed E-state index contributed by atoms with van der Waals surface area (Å²) in [6.45, 7) is 5.34. The number of esters is 1. The molecule has 0 bridgehead atoms. The van der Waals surface area contributed by atoms with Gasteiger partial charge in [-0.2, -0.15) is 0 Å². The summed E-state index contributed by atoms with van der Waals surface area (Å²) in [7, 11) is 0.402. The first-order chi connectivity index (χ1) is 10.5. The van der Waals surface area contributed by atoms with Gasteiger partial charge in [0.1, 0.15) is 6.10 Å². The van der Waals surface area contributed by atoms with Crippen molar-refractivity contribution in [1.29, 1.82) is 0 Å². The van der Waals surface area contributed by atoms with E-state index < -0.39 is 14.8 Å². The topological polar surface area (TPSA) is 54.0 Å². The van der Waals surface area contributed by atoms with Gasteiger partial charge >= 0.3 is 14.8 Å². The molecule has 0 aliphatic heterocycles. The van der Waals surface area contributed by atoms with Crippen LogP contribution in [0.2, 0.25) is 6.04 Å². The zero-order chi connectivity index (χ0) is 16.4. The van der Waals surface area contributed by atoms with Gasteiger partial charge in [-0.25, -0.2) is 4.79 Å². The van der Waals surface area contributed by atoms with Gasteiger partial charge in [-0.15, -0.1) is 0 Å². The predicted octanol–water partition coefficient (Wildman–Crippen LogP) is 2.60. The monoisotopic (exact) mass is 324 g/mol. The lowest BCUT2D eigenvalue weighted by molar-refractivity contribution is -0.144. The van der Waals surface area contributed by atoms with Crippen LogP contribution in [0.25, 0.3) is 0 Å². The highest BCUT2D eigenvalue weighted by Gasteiger charge is 2.39. The summed E-state index contributed by atoms with van der Waals surface area (Å²) < 4.78 is 22.0. The third-order valence-corrected chi connectivity index (χ3v) is 5.92. The molecule has 0 spiro atoms. The van der Waals surface area contributed by atoms with Crippen molar-refractivity contribution < 1.29 is 22.8 Å². The van der Waals surface area contributed by atoms with E-state index in [0.29, 0.717) is 6.04 Å². The number of rotatable bonds is 10. The molecule has 6 heteroatoms. The predicted molar refractivity (Wildman–Crippen MR) is 86.4 cm³/mol. The second kappa shape index (κ2) is 9.53. The van der Waals surface area contributed by atoms with E-state index in [-0.39, 0.29) is 12.7 Å². The minimum absolute atomic E-state index is 0.224. The Kier molecular flexibility index (Phi) is 8.04. The maximum absolute atomic E-state index is 11.1. The van der Waals surface area contributed by atoms with Crippen LogP contribution in [0.1, 0.15) is 12.5 Å². The normalized spacial score (nSPS) is 12.7. The summed E-state index contributed by atoms with van der Waals surface area (Å²) in [5.74, 6) is -0.470. The molecule has 1 aromatic rings. The van der Waals surface area contributed by atoms with E-state index in [1.165, 1.54) is 5.56 Å². The number of hydrogen-bond acceptors (Lipinski definition) is 5. The molecule has 0 aliphatic rings. The molecule has 5 nitrogen and oxygen atoms in total. The second-order valence-electron chi connectivity index (χ2n) is 4.84. The molecule has 22 heavy (non-hydrogen) atoms. The Labute approximate surface area is 133 Å². The fraction of sp³-hybridized carbons (Fsp3) is 0.438. The summed E-state index contributed by atoms with van der Waals surface area (Å²) in [4.78, 5) is 11.1. The zero-order valence-electron chi connectivity index (χ0n) is 13.4. The Morgan fingerprint density at radius 2 is 1.91 bits per heavy atom. The molecule has 0 fully saturated rings. The molecule has 0 aliphatic carbocycles. The molecule has 0 heterocycles. The molecule has 1 rings (SSSR count). The van der Waals surface area contributed by atoms with Gasteiger partial charge in [-0.1, -0.05) is 36.9 Å². The largest absolute Gasteiger partial charge is 0.500 e. The molecule has 122 valence electrons. The fourth-order valence-corrected chi connectivity index (χ4v) is 3.98. The fourth-order valence-electron chi connectivity index (χ4n) is 1.94. The molecule has 0 saturated heterocycles. The van der Waals surface area contributed by atoms with Crippen LogP contribution in [0, 0.1) is 0 Å². The van der Waals surface area contributed by atoms with Gasteiger partial charge in [0.2, 0.25) is 0 Å². The highest BCUT2D eigenvalue weighted by molar-refractivity contribution is 6.60. The summed E-state index contributed by atoms with van der Waals surface area (Å²) in [6.07, 6.45) is 1.54. The smallest absolute Gasteiger partial charge is 0.457 e. The van der Waals surface area contributed by atoms with E-state index >= 15 is 0 Å². The lowest BCUT2D eigenvalue weighted by Crippen LogP contribution is -2.46. The standard InChI is InChI=1S/C16H24O5Si/c1-5-16(17)21-14(2)13-20-22(18-3,19-4)12-11-15-9-7-6-8-10-15/h5-10,14H,1,11-13H2,2-4H3. The molecular weight excluding hydrogens is 300 g/mol. The SMILES string of the molecule is C=CC(=O)OC(C)CO[Si](CCc1ccccc1)(OC)OC. The highest BCUT2D eigenvalue weighted by atomic mass is 28.4. The number of carbonyl (C=O) groups is 1. The Morgan fingerprint density at radius 3 is 2.45 bits per heavy atom. The number of carbonyl (C=O) groups excluding carboxylic acids is 1. The van der Waals surface area contributed by atoms with Crippen molar-refractivity contribution in [3.63, 3.8) is 0 Å². The third kappa shape index (κ3) is 6.11. The van der Waals surface area contributed by atoms with Crippen molar-refractivity contribution in [2.45, 2.75) is 25.5 Å². The Morgan fingerprint density at radius 1 is 1.27 bits per heavy atom. The van der Waals surface area contributed by atoms with Crippen LogP contribution in [0.15, 0.2) is 43.0 Å². The van der Waals surface area contributed by atoms with Crippen molar-refractivity contribution in [2.24, 2.45) is 0 Å². The minimum Gasteiger partial charge on any atom is -0.457 e. The molecule has 0 amide bonds. The number of hydrogen-bond donors (Lipinski definition) is 0. The number of benzene rings is 1. The van der Waals surface area contributed by atoms with Crippen LogP contribution in [0.4, 0.5) is 0 Å². The summed E-state index contributed by atoms with van der Waals surface area (Å²) in [6, 6.07) is 10.7.